The van der Waals surface area contributed by atoms with Crippen molar-refractivity contribution in [2.45, 2.75) is 6.04 Å². The molecule has 2 aromatic heterocycles. The van der Waals surface area contributed by atoms with Gasteiger partial charge in [0.05, 0.1) is 0 Å². The van der Waals surface area contributed by atoms with Crippen molar-refractivity contribution >= 4 is 11.0 Å². The van der Waals surface area contributed by atoms with Crippen LogP contribution < -0.4 is 5.73 Å². The van der Waals surface area contributed by atoms with E-state index in [2.05, 4.69) is 4.98 Å². The second-order valence-corrected chi connectivity index (χ2v) is 4.18. The number of nitrogens with two attached hydrogens (primary N) is 1. The van der Waals surface area contributed by atoms with Crippen LogP contribution in [0.15, 0.2) is 41.1 Å². The van der Waals surface area contributed by atoms with E-state index < -0.39 is 6.04 Å². The highest BCUT2D eigenvalue weighted by atomic mass is 19.1. The fourth-order valence-corrected chi connectivity index (χ4v) is 2.00. The zero-order chi connectivity index (χ0) is 12.7. The molecular formula is C13H12FN3O. The minimum absolute atomic E-state index is 0.233. The molecule has 0 aliphatic rings. The molecule has 2 N–H and O–H groups in total. The van der Waals surface area contributed by atoms with Crippen molar-refractivity contribution in [3.63, 3.8) is 0 Å². The lowest BCUT2D eigenvalue weighted by Gasteiger charge is -2.07. The van der Waals surface area contributed by atoms with Crippen molar-refractivity contribution in [1.82, 2.24) is 9.55 Å². The minimum Gasteiger partial charge on any atom is -0.456 e. The molecule has 92 valence electrons. The molecule has 0 bridgehead atoms. The third-order valence-electron chi connectivity index (χ3n) is 2.96. The van der Waals surface area contributed by atoms with Gasteiger partial charge in [0.25, 0.3) is 0 Å². The van der Waals surface area contributed by atoms with Gasteiger partial charge in [0, 0.05) is 24.8 Å². The maximum atomic E-state index is 13.5. The first kappa shape index (κ1) is 11.0. The number of aryl methyl sites for hydroxylation is 1. The van der Waals surface area contributed by atoms with Crippen LogP contribution in [0.4, 0.5) is 4.39 Å². The molecule has 4 nitrogen and oxygen atoms in total. The molecule has 5 heteroatoms. The van der Waals surface area contributed by atoms with Gasteiger partial charge in [0.15, 0.2) is 11.4 Å². The monoisotopic (exact) mass is 245 g/mol. The lowest BCUT2D eigenvalue weighted by molar-refractivity contribution is 0.490. The second kappa shape index (κ2) is 3.96. The quantitative estimate of drug-likeness (QED) is 0.754. The number of fused-ring (bicyclic) bond motifs is 1. The number of rotatable bonds is 2. The standard InChI is InChI=1S/C13H12FN3O/c1-17-6-5-16-13(17)11(15)10-7-8-3-2-4-9(14)12(8)18-10/h2-7,11H,15H2,1H3. The Morgan fingerprint density at radius 2 is 2.28 bits per heavy atom. The van der Waals surface area contributed by atoms with Gasteiger partial charge in [0.1, 0.15) is 17.6 Å². The summed E-state index contributed by atoms with van der Waals surface area (Å²) < 4.78 is 20.8. The lowest BCUT2D eigenvalue weighted by Crippen LogP contribution is -2.15. The van der Waals surface area contributed by atoms with Crippen LogP contribution in [0.3, 0.4) is 0 Å². The van der Waals surface area contributed by atoms with Gasteiger partial charge >= 0.3 is 0 Å². The SMILES string of the molecule is Cn1ccnc1C(N)c1cc2cccc(F)c2o1. The lowest BCUT2D eigenvalue weighted by atomic mass is 10.2. The van der Waals surface area contributed by atoms with Crippen LogP contribution in [0.5, 0.6) is 0 Å². The molecule has 0 saturated carbocycles. The number of imidazole rings is 1. The van der Waals surface area contributed by atoms with E-state index in [4.69, 9.17) is 10.2 Å². The summed E-state index contributed by atoms with van der Waals surface area (Å²) in [7, 11) is 1.85. The van der Waals surface area contributed by atoms with Gasteiger partial charge in [-0.3, -0.25) is 0 Å². The highest BCUT2D eigenvalue weighted by Gasteiger charge is 2.18. The molecule has 0 amide bonds. The summed E-state index contributed by atoms with van der Waals surface area (Å²) in [6.45, 7) is 0. The van der Waals surface area contributed by atoms with E-state index in [-0.39, 0.29) is 11.4 Å². The van der Waals surface area contributed by atoms with E-state index >= 15 is 0 Å². The Kier molecular flexibility index (Phi) is 2.41. The summed E-state index contributed by atoms with van der Waals surface area (Å²) in [5, 5.41) is 0.703. The largest absolute Gasteiger partial charge is 0.456 e. The minimum atomic E-state index is -0.503. The summed E-state index contributed by atoms with van der Waals surface area (Å²) in [6.07, 6.45) is 3.47. The Labute approximate surface area is 103 Å². The summed E-state index contributed by atoms with van der Waals surface area (Å²) in [5.41, 5.74) is 6.31. The maximum absolute atomic E-state index is 13.5. The van der Waals surface area contributed by atoms with E-state index in [1.165, 1.54) is 6.07 Å². The van der Waals surface area contributed by atoms with E-state index in [0.29, 0.717) is 17.0 Å². The first-order valence-electron chi connectivity index (χ1n) is 5.57. The molecular weight excluding hydrogens is 233 g/mol. The summed E-state index contributed by atoms with van der Waals surface area (Å²) in [4.78, 5) is 4.17. The van der Waals surface area contributed by atoms with Gasteiger partial charge in [-0.15, -0.1) is 0 Å². The van der Waals surface area contributed by atoms with E-state index in [9.17, 15) is 4.39 Å². The van der Waals surface area contributed by atoms with Gasteiger partial charge in [0.2, 0.25) is 0 Å². The maximum Gasteiger partial charge on any atom is 0.169 e. The summed E-state index contributed by atoms with van der Waals surface area (Å²) >= 11 is 0. The van der Waals surface area contributed by atoms with Crippen LogP contribution in [0.25, 0.3) is 11.0 Å². The molecule has 0 aliphatic heterocycles. The molecule has 1 aromatic carbocycles. The van der Waals surface area contributed by atoms with Gasteiger partial charge in [-0.25, -0.2) is 9.37 Å². The average molecular weight is 245 g/mol. The van der Waals surface area contributed by atoms with E-state index in [1.807, 2.05) is 11.6 Å². The van der Waals surface area contributed by atoms with Crippen LogP contribution in [-0.4, -0.2) is 9.55 Å². The zero-order valence-corrected chi connectivity index (χ0v) is 9.80. The Morgan fingerprint density at radius 3 is 2.94 bits per heavy atom. The van der Waals surface area contributed by atoms with Crippen LogP contribution in [-0.2, 0) is 7.05 Å². The van der Waals surface area contributed by atoms with Crippen molar-refractivity contribution in [1.29, 1.82) is 0 Å². The van der Waals surface area contributed by atoms with E-state index in [1.54, 1.807) is 30.6 Å². The number of halogens is 1. The number of aromatic nitrogens is 2. The number of hydrogen-bond donors (Lipinski definition) is 1. The fourth-order valence-electron chi connectivity index (χ4n) is 2.00. The zero-order valence-electron chi connectivity index (χ0n) is 9.80. The van der Waals surface area contributed by atoms with Crippen molar-refractivity contribution in [2.75, 3.05) is 0 Å². The molecule has 1 atom stereocenters. The van der Waals surface area contributed by atoms with E-state index in [0.717, 1.165) is 0 Å². The van der Waals surface area contributed by atoms with Crippen molar-refractivity contribution in [3.8, 4) is 0 Å². The number of hydrogen-bond acceptors (Lipinski definition) is 3. The Balaban J connectivity index is 2.10. The van der Waals surface area contributed by atoms with Crippen molar-refractivity contribution in [3.05, 3.63) is 54.1 Å². The number of nitrogens with zero attached hydrogens (tertiary/aromatic N) is 2. The fraction of sp³-hybridized carbons (Fsp3) is 0.154. The van der Waals surface area contributed by atoms with Crippen LogP contribution in [0, 0.1) is 5.82 Å². The topological polar surface area (TPSA) is 57.0 Å². The Hall–Kier alpha value is -2.14. The Bertz CT molecular complexity index is 701. The number of furan rings is 1. The van der Waals surface area contributed by atoms with Gasteiger partial charge in [-0.2, -0.15) is 0 Å². The van der Waals surface area contributed by atoms with Gasteiger partial charge in [-0.1, -0.05) is 12.1 Å². The highest BCUT2D eigenvalue weighted by molar-refractivity contribution is 5.78. The molecule has 3 rings (SSSR count). The third-order valence-corrected chi connectivity index (χ3v) is 2.96. The summed E-state index contributed by atoms with van der Waals surface area (Å²) in [5.74, 6) is 0.796. The predicted molar refractivity (Wildman–Crippen MR) is 65.4 cm³/mol. The molecule has 0 fully saturated rings. The molecule has 0 aliphatic carbocycles. The normalized spacial score (nSPS) is 13.1. The smallest absolute Gasteiger partial charge is 0.169 e. The van der Waals surface area contributed by atoms with Gasteiger partial charge < -0.3 is 14.7 Å². The molecule has 0 saturated heterocycles. The number of para-hydroxylation sites is 1. The molecule has 0 spiro atoms. The average Bonchev–Trinajstić information content (AvgIpc) is 2.95. The summed E-state index contributed by atoms with van der Waals surface area (Å²) in [6, 6.07) is 6.04. The van der Waals surface area contributed by atoms with Crippen LogP contribution in [0.1, 0.15) is 17.6 Å². The molecule has 0 radical (unpaired) electrons. The first-order chi connectivity index (χ1) is 8.66. The predicted octanol–water partition coefficient (Wildman–Crippen LogP) is 2.35. The second-order valence-electron chi connectivity index (χ2n) is 4.18. The van der Waals surface area contributed by atoms with Crippen molar-refractivity contribution < 1.29 is 8.81 Å². The third kappa shape index (κ3) is 1.60. The van der Waals surface area contributed by atoms with Crippen LogP contribution in [0.2, 0.25) is 0 Å². The van der Waals surface area contributed by atoms with Crippen LogP contribution >= 0.6 is 0 Å². The van der Waals surface area contributed by atoms with Crippen molar-refractivity contribution in [2.24, 2.45) is 12.8 Å². The first-order valence-corrected chi connectivity index (χ1v) is 5.57. The number of benzene rings is 1. The molecule has 2 heterocycles. The highest BCUT2D eigenvalue weighted by Crippen LogP contribution is 2.27. The Morgan fingerprint density at radius 1 is 1.44 bits per heavy atom. The molecule has 3 aromatic rings. The molecule has 1 unspecified atom stereocenters. The molecule has 18 heavy (non-hydrogen) atoms. The van der Waals surface area contributed by atoms with Gasteiger partial charge in [-0.05, 0) is 12.1 Å².